The quantitative estimate of drug-likeness (QED) is 0.0729. The maximum atomic E-state index is 12.3. The van der Waals surface area contributed by atoms with Gasteiger partial charge in [-0.2, -0.15) is 0 Å². The molecule has 0 saturated heterocycles. The monoisotopic (exact) mass is 818 g/mol. The Kier molecular flexibility index (Phi) is 13.4. The van der Waals surface area contributed by atoms with Crippen LogP contribution in [0.2, 0.25) is 0 Å². The highest BCUT2D eigenvalue weighted by atomic mass is 16.5. The summed E-state index contributed by atoms with van der Waals surface area (Å²) in [5.41, 5.74) is 5.03. The van der Waals surface area contributed by atoms with Crippen molar-refractivity contribution in [1.29, 1.82) is 0 Å². The summed E-state index contributed by atoms with van der Waals surface area (Å²) in [7, 11) is 0. The summed E-state index contributed by atoms with van der Waals surface area (Å²) in [6.45, 7) is 23.2. The lowest BCUT2D eigenvalue weighted by molar-refractivity contribution is -0.136. The van der Waals surface area contributed by atoms with Gasteiger partial charge in [-0.3, -0.25) is 9.59 Å². The summed E-state index contributed by atoms with van der Waals surface area (Å²) in [5, 5.41) is 0. The Morgan fingerprint density at radius 1 is 0.590 bits per heavy atom. The Morgan fingerprint density at radius 2 is 1.03 bits per heavy atom. The van der Waals surface area contributed by atoms with Crippen molar-refractivity contribution in [3.8, 4) is 22.6 Å². The second-order valence-electron chi connectivity index (χ2n) is 18.4. The molecule has 5 aromatic carbocycles. The van der Waals surface area contributed by atoms with Crippen LogP contribution in [0.3, 0.4) is 0 Å². The number of benzene rings is 5. The zero-order chi connectivity index (χ0) is 44.1. The molecule has 0 fully saturated rings. The van der Waals surface area contributed by atoms with E-state index in [0.717, 1.165) is 17.9 Å². The van der Waals surface area contributed by atoms with Crippen LogP contribution in [0.1, 0.15) is 108 Å². The molecule has 5 aromatic rings. The van der Waals surface area contributed by atoms with E-state index in [4.69, 9.17) is 18.9 Å². The Labute approximate surface area is 363 Å². The van der Waals surface area contributed by atoms with E-state index < -0.39 is 27.8 Å². The minimum Gasteiger partial charge on any atom is -0.488 e. The summed E-state index contributed by atoms with van der Waals surface area (Å²) < 4.78 is 25.1. The van der Waals surface area contributed by atoms with Crippen LogP contribution in [-0.2, 0) is 24.5 Å². The molecular weight excluding hydrogens is 757 g/mol. The highest BCUT2D eigenvalue weighted by molar-refractivity contribution is 5.96. The number of ether oxygens (including phenoxy) is 4. The van der Waals surface area contributed by atoms with E-state index in [2.05, 4.69) is 141 Å². The third kappa shape index (κ3) is 10.3. The maximum Gasteiger partial charge on any atom is 0.186 e. The first kappa shape index (κ1) is 45.0. The van der Waals surface area contributed by atoms with Crippen LogP contribution >= 0.6 is 0 Å². The molecule has 1 aliphatic rings. The minimum atomic E-state index is -0.940. The predicted molar refractivity (Wildman–Crippen MR) is 247 cm³/mol. The number of hydrogen-bond donors (Lipinski definition) is 0. The molecule has 0 heterocycles. The van der Waals surface area contributed by atoms with Gasteiger partial charge >= 0.3 is 0 Å². The van der Waals surface area contributed by atoms with Gasteiger partial charge in [0, 0.05) is 24.2 Å². The Balaban J connectivity index is 1.36. The summed E-state index contributed by atoms with van der Waals surface area (Å²) in [4.78, 5) is 24.6. The molecule has 0 radical (unpaired) electrons. The van der Waals surface area contributed by atoms with Crippen molar-refractivity contribution in [3.05, 3.63) is 181 Å². The van der Waals surface area contributed by atoms with Crippen molar-refractivity contribution < 1.29 is 28.5 Å². The van der Waals surface area contributed by atoms with Crippen molar-refractivity contribution in [2.24, 2.45) is 0 Å². The fourth-order valence-corrected chi connectivity index (χ4v) is 8.36. The number of rotatable bonds is 20. The van der Waals surface area contributed by atoms with E-state index in [1.165, 1.54) is 51.1 Å². The SMILES string of the molecule is C=CC(=O)C(C)(C)OCCC(C)(C)Oc1ccc(C2(c3ccc(OC(C)(C)CCOC(C)(C)C(=O)C=C)cc3)CC(c3ccccc3)c3ccc(-c4ccccc4)cc32)cc1. The average molecular weight is 819 g/mol. The van der Waals surface area contributed by atoms with Gasteiger partial charge < -0.3 is 18.9 Å². The Morgan fingerprint density at radius 3 is 1.48 bits per heavy atom. The molecule has 61 heavy (non-hydrogen) atoms. The zero-order valence-electron chi connectivity index (χ0n) is 37.3. The number of ketones is 2. The van der Waals surface area contributed by atoms with E-state index in [9.17, 15) is 9.59 Å². The van der Waals surface area contributed by atoms with Crippen molar-refractivity contribution in [2.45, 2.75) is 108 Å². The molecule has 6 nitrogen and oxygen atoms in total. The van der Waals surface area contributed by atoms with E-state index in [1.807, 2.05) is 27.7 Å². The average Bonchev–Trinajstić information content (AvgIpc) is 3.59. The van der Waals surface area contributed by atoms with Crippen LogP contribution in [0.15, 0.2) is 153 Å². The molecule has 318 valence electrons. The molecule has 1 atom stereocenters. The lowest BCUT2D eigenvalue weighted by atomic mass is 9.69. The molecule has 6 heteroatoms. The molecule has 0 spiro atoms. The van der Waals surface area contributed by atoms with Crippen molar-refractivity contribution in [2.75, 3.05) is 13.2 Å². The van der Waals surface area contributed by atoms with Crippen LogP contribution < -0.4 is 9.47 Å². The summed E-state index contributed by atoms with van der Waals surface area (Å²) >= 11 is 0. The van der Waals surface area contributed by atoms with E-state index in [0.29, 0.717) is 26.1 Å². The summed E-state index contributed by atoms with van der Waals surface area (Å²) in [6.07, 6.45) is 4.62. The topological polar surface area (TPSA) is 71.1 Å². The largest absolute Gasteiger partial charge is 0.488 e. The molecule has 0 bridgehead atoms. The molecule has 6 rings (SSSR count). The molecule has 1 aliphatic carbocycles. The third-order valence-corrected chi connectivity index (χ3v) is 12.1. The van der Waals surface area contributed by atoms with E-state index >= 15 is 0 Å². The second kappa shape index (κ2) is 18.2. The van der Waals surface area contributed by atoms with Crippen LogP contribution in [0, 0.1) is 0 Å². The van der Waals surface area contributed by atoms with Crippen LogP contribution in [0.25, 0.3) is 11.1 Å². The normalized spacial score (nSPS) is 15.1. The molecular formula is C55H62O6. The van der Waals surface area contributed by atoms with Gasteiger partial charge in [-0.15, -0.1) is 0 Å². The molecule has 0 amide bonds. The smallest absolute Gasteiger partial charge is 0.186 e. The van der Waals surface area contributed by atoms with Crippen molar-refractivity contribution >= 4 is 11.6 Å². The zero-order valence-corrected chi connectivity index (χ0v) is 37.3. The first-order valence-electron chi connectivity index (χ1n) is 21.4. The van der Waals surface area contributed by atoms with Gasteiger partial charge in [0.05, 0.1) is 13.2 Å². The van der Waals surface area contributed by atoms with Gasteiger partial charge in [0.25, 0.3) is 0 Å². The molecule has 0 saturated carbocycles. The number of fused-ring (bicyclic) bond motifs is 1. The Hall–Kier alpha value is -5.56. The summed E-state index contributed by atoms with van der Waals surface area (Å²) in [5.74, 6) is 1.37. The van der Waals surface area contributed by atoms with Gasteiger partial charge in [-0.05, 0) is 143 Å². The van der Waals surface area contributed by atoms with Crippen LogP contribution in [0.4, 0.5) is 0 Å². The lowest BCUT2D eigenvalue weighted by Gasteiger charge is -2.34. The van der Waals surface area contributed by atoms with Gasteiger partial charge in [0.2, 0.25) is 0 Å². The predicted octanol–water partition coefficient (Wildman–Crippen LogP) is 12.4. The van der Waals surface area contributed by atoms with Gasteiger partial charge in [-0.1, -0.05) is 110 Å². The minimum absolute atomic E-state index is 0.148. The van der Waals surface area contributed by atoms with Crippen molar-refractivity contribution in [3.63, 3.8) is 0 Å². The van der Waals surface area contributed by atoms with Gasteiger partial charge in [-0.25, -0.2) is 0 Å². The van der Waals surface area contributed by atoms with E-state index in [1.54, 1.807) is 27.7 Å². The number of carbonyl (C=O) groups is 2. The molecule has 0 aliphatic heterocycles. The van der Waals surface area contributed by atoms with Gasteiger partial charge in [0.1, 0.15) is 33.9 Å². The molecule has 0 N–H and O–H groups in total. The fourth-order valence-electron chi connectivity index (χ4n) is 8.36. The standard InChI is InChI=1S/C55H62O6/c1-11-49(56)53(7,8)58-35-33-51(3,4)60-44-28-24-42(25-29-44)55(43-26-30-45(31-27-43)61-52(5,6)34-36-59-54(9,10)50(57)12-2)38-47(40-21-17-14-18-22-40)46-32-23-41(37-48(46)55)39-19-15-13-16-20-39/h11-32,37,47H,1-2,33-36,38H2,3-10H3. The highest BCUT2D eigenvalue weighted by Gasteiger charge is 2.47. The fraction of sp³-hybridized carbons (Fsp3) is 0.345. The van der Waals surface area contributed by atoms with Crippen LogP contribution in [0.5, 0.6) is 11.5 Å². The number of hydrogen-bond acceptors (Lipinski definition) is 6. The van der Waals surface area contributed by atoms with Gasteiger partial charge in [0.15, 0.2) is 11.6 Å². The van der Waals surface area contributed by atoms with Crippen LogP contribution in [-0.4, -0.2) is 47.2 Å². The number of carbonyl (C=O) groups excluding carboxylic acids is 2. The van der Waals surface area contributed by atoms with Crippen molar-refractivity contribution in [1.82, 2.24) is 0 Å². The molecule has 1 unspecified atom stereocenters. The first-order chi connectivity index (χ1) is 28.9. The van der Waals surface area contributed by atoms with E-state index in [-0.39, 0.29) is 17.5 Å². The maximum absolute atomic E-state index is 12.3. The first-order valence-corrected chi connectivity index (χ1v) is 21.4. The lowest BCUT2D eigenvalue weighted by Crippen LogP contribution is -2.37. The second-order valence-corrected chi connectivity index (χ2v) is 18.4. The highest BCUT2D eigenvalue weighted by Crippen LogP contribution is 2.57. The third-order valence-electron chi connectivity index (χ3n) is 12.1. The Bertz CT molecular complexity index is 2210. The molecule has 0 aromatic heterocycles. The summed E-state index contributed by atoms with van der Waals surface area (Å²) in [6, 6.07) is 45.5.